The Morgan fingerprint density at radius 2 is 1.59 bits per heavy atom. The van der Waals surface area contributed by atoms with Gasteiger partial charge in [-0.25, -0.2) is 9.48 Å². The summed E-state index contributed by atoms with van der Waals surface area (Å²) in [6.07, 6.45) is 0. The van der Waals surface area contributed by atoms with Crippen molar-refractivity contribution < 1.29 is 9.53 Å². The van der Waals surface area contributed by atoms with Gasteiger partial charge in [0.2, 0.25) is 5.88 Å². The van der Waals surface area contributed by atoms with Gasteiger partial charge in [0, 0.05) is 0 Å². The van der Waals surface area contributed by atoms with Crippen LogP contribution in [0.1, 0.15) is 34.6 Å². The Balaban J connectivity index is 1.84. The molecule has 4 aromatic rings. The molecular formula is C25H19Cl3N2O2. The van der Waals surface area contributed by atoms with Crippen LogP contribution in [0.5, 0.6) is 5.88 Å². The predicted octanol–water partition coefficient (Wildman–Crippen LogP) is 7.65. The van der Waals surface area contributed by atoms with Crippen molar-refractivity contribution in [2.24, 2.45) is 0 Å². The van der Waals surface area contributed by atoms with Crippen LogP contribution in [0.25, 0.3) is 11.1 Å². The Kier molecular flexibility index (Phi) is 6.56. The minimum absolute atomic E-state index is 0.278. The molecule has 7 heteroatoms. The van der Waals surface area contributed by atoms with E-state index in [1.807, 2.05) is 50.2 Å². The first-order valence-electron chi connectivity index (χ1n) is 9.93. The van der Waals surface area contributed by atoms with Crippen molar-refractivity contribution >= 4 is 40.8 Å². The van der Waals surface area contributed by atoms with Crippen LogP contribution in [0.2, 0.25) is 15.1 Å². The number of carbonyl (C=O) groups is 1. The molecule has 0 spiro atoms. The van der Waals surface area contributed by atoms with Gasteiger partial charge < -0.3 is 4.74 Å². The van der Waals surface area contributed by atoms with E-state index < -0.39 is 5.97 Å². The van der Waals surface area contributed by atoms with Gasteiger partial charge in [0.25, 0.3) is 0 Å². The number of carbonyl (C=O) groups excluding carboxylic acids is 1. The van der Waals surface area contributed by atoms with Gasteiger partial charge in [0.1, 0.15) is 0 Å². The third kappa shape index (κ3) is 4.40. The molecule has 0 fully saturated rings. The summed E-state index contributed by atoms with van der Waals surface area (Å²) in [5, 5.41) is 5.94. The number of aromatic nitrogens is 2. The Hall–Kier alpha value is -2.79. The first-order valence-corrected chi connectivity index (χ1v) is 11.1. The molecule has 0 N–H and O–H groups in total. The number of hydrogen-bond donors (Lipinski definition) is 0. The van der Waals surface area contributed by atoms with Crippen LogP contribution in [0, 0.1) is 6.92 Å². The summed E-state index contributed by atoms with van der Waals surface area (Å²) in [5.74, 6) is -0.229. The lowest BCUT2D eigenvalue weighted by atomic mass is 10.1. The Morgan fingerprint density at radius 1 is 0.906 bits per heavy atom. The van der Waals surface area contributed by atoms with E-state index in [0.29, 0.717) is 20.9 Å². The third-order valence-electron chi connectivity index (χ3n) is 5.18. The molecule has 1 atom stereocenters. The van der Waals surface area contributed by atoms with Gasteiger partial charge in [-0.1, -0.05) is 83.3 Å². The standard InChI is InChI=1S/C25H19Cl3N2O2/c1-15-23(17-8-4-3-5-9-17)24(32-25(31)19-10-6-7-11-20(19)26)30(29-15)16(2)18-12-13-21(27)22(28)14-18/h3-14,16H,1-2H3. The number of aryl methyl sites for hydroxylation is 1. The molecule has 32 heavy (non-hydrogen) atoms. The number of halogens is 3. The fourth-order valence-electron chi connectivity index (χ4n) is 3.51. The summed E-state index contributed by atoms with van der Waals surface area (Å²) in [7, 11) is 0. The molecule has 0 saturated carbocycles. The van der Waals surface area contributed by atoms with Crippen LogP contribution >= 0.6 is 34.8 Å². The Labute approximate surface area is 201 Å². The summed E-state index contributed by atoms with van der Waals surface area (Å²) in [6, 6.07) is 21.6. The third-order valence-corrected chi connectivity index (χ3v) is 6.25. The summed E-state index contributed by atoms with van der Waals surface area (Å²) in [6.45, 7) is 3.83. The zero-order chi connectivity index (χ0) is 22.8. The van der Waals surface area contributed by atoms with E-state index in [1.165, 1.54) is 0 Å². The molecule has 0 aliphatic rings. The van der Waals surface area contributed by atoms with Gasteiger partial charge in [-0.05, 0) is 49.2 Å². The molecule has 0 aliphatic heterocycles. The quantitative estimate of drug-likeness (QED) is 0.273. The first-order chi connectivity index (χ1) is 15.4. The normalized spacial score (nSPS) is 11.9. The van der Waals surface area contributed by atoms with E-state index in [-0.39, 0.29) is 11.6 Å². The van der Waals surface area contributed by atoms with Crippen molar-refractivity contribution in [3.8, 4) is 17.0 Å². The second-order valence-corrected chi connectivity index (χ2v) is 8.52. The number of nitrogens with zero attached hydrogens (tertiary/aromatic N) is 2. The topological polar surface area (TPSA) is 44.1 Å². The van der Waals surface area contributed by atoms with Crippen molar-refractivity contribution in [2.75, 3.05) is 0 Å². The fourth-order valence-corrected chi connectivity index (χ4v) is 4.03. The minimum atomic E-state index is -0.560. The number of benzene rings is 3. The van der Waals surface area contributed by atoms with Crippen molar-refractivity contribution in [1.29, 1.82) is 0 Å². The fraction of sp³-hybridized carbons (Fsp3) is 0.120. The first kappa shape index (κ1) is 22.4. The highest BCUT2D eigenvalue weighted by molar-refractivity contribution is 6.42. The zero-order valence-corrected chi connectivity index (χ0v) is 19.6. The molecule has 162 valence electrons. The van der Waals surface area contributed by atoms with Crippen LogP contribution in [-0.2, 0) is 0 Å². The molecule has 1 heterocycles. The summed E-state index contributed by atoms with van der Waals surface area (Å²) >= 11 is 18.6. The predicted molar refractivity (Wildman–Crippen MR) is 129 cm³/mol. The van der Waals surface area contributed by atoms with E-state index >= 15 is 0 Å². The molecule has 4 rings (SSSR count). The molecule has 0 saturated heterocycles. The van der Waals surface area contributed by atoms with Crippen molar-refractivity contribution in [1.82, 2.24) is 9.78 Å². The van der Waals surface area contributed by atoms with E-state index in [2.05, 4.69) is 0 Å². The Bertz CT molecular complexity index is 1290. The maximum atomic E-state index is 13.1. The van der Waals surface area contributed by atoms with Gasteiger partial charge in [-0.3, -0.25) is 0 Å². The smallest absolute Gasteiger partial charge is 0.346 e. The summed E-state index contributed by atoms with van der Waals surface area (Å²) in [5.41, 5.74) is 3.50. The summed E-state index contributed by atoms with van der Waals surface area (Å²) in [4.78, 5) is 13.1. The maximum Gasteiger partial charge on any atom is 0.346 e. The molecule has 0 amide bonds. The monoisotopic (exact) mass is 484 g/mol. The average molecular weight is 486 g/mol. The lowest BCUT2D eigenvalue weighted by molar-refractivity contribution is 0.0718. The number of rotatable bonds is 5. The SMILES string of the molecule is Cc1nn(C(C)c2ccc(Cl)c(Cl)c2)c(OC(=O)c2ccccc2Cl)c1-c1ccccc1. The van der Waals surface area contributed by atoms with Crippen molar-refractivity contribution in [3.63, 3.8) is 0 Å². The Morgan fingerprint density at radius 3 is 2.28 bits per heavy atom. The van der Waals surface area contributed by atoms with Gasteiger partial charge in [-0.2, -0.15) is 5.10 Å². The van der Waals surface area contributed by atoms with Crippen molar-refractivity contribution in [3.05, 3.63) is 105 Å². The highest BCUT2D eigenvalue weighted by atomic mass is 35.5. The number of hydrogen-bond acceptors (Lipinski definition) is 3. The molecule has 1 unspecified atom stereocenters. The maximum absolute atomic E-state index is 13.1. The van der Waals surface area contributed by atoms with Gasteiger partial charge in [0.05, 0.1) is 37.9 Å². The molecule has 1 aromatic heterocycles. The summed E-state index contributed by atoms with van der Waals surface area (Å²) < 4.78 is 7.62. The van der Waals surface area contributed by atoms with E-state index in [1.54, 1.807) is 41.1 Å². The van der Waals surface area contributed by atoms with Gasteiger partial charge in [-0.15, -0.1) is 0 Å². The minimum Gasteiger partial charge on any atom is -0.403 e. The lowest BCUT2D eigenvalue weighted by Gasteiger charge is -2.17. The van der Waals surface area contributed by atoms with Crippen LogP contribution in [-0.4, -0.2) is 15.7 Å². The lowest BCUT2D eigenvalue weighted by Crippen LogP contribution is -2.16. The molecule has 0 aliphatic carbocycles. The van der Waals surface area contributed by atoms with Crippen LogP contribution < -0.4 is 4.74 Å². The van der Waals surface area contributed by atoms with E-state index in [0.717, 1.165) is 22.4 Å². The number of esters is 1. The largest absolute Gasteiger partial charge is 0.403 e. The molecule has 0 bridgehead atoms. The highest BCUT2D eigenvalue weighted by Gasteiger charge is 2.26. The van der Waals surface area contributed by atoms with E-state index in [9.17, 15) is 4.79 Å². The second kappa shape index (κ2) is 9.37. The average Bonchev–Trinajstić information content (AvgIpc) is 3.11. The zero-order valence-electron chi connectivity index (χ0n) is 17.4. The second-order valence-electron chi connectivity index (χ2n) is 7.30. The van der Waals surface area contributed by atoms with Gasteiger partial charge >= 0.3 is 5.97 Å². The number of ether oxygens (including phenoxy) is 1. The molecular weight excluding hydrogens is 467 g/mol. The van der Waals surface area contributed by atoms with Crippen LogP contribution in [0.3, 0.4) is 0 Å². The van der Waals surface area contributed by atoms with Crippen molar-refractivity contribution in [2.45, 2.75) is 19.9 Å². The molecule has 3 aromatic carbocycles. The molecule has 0 radical (unpaired) electrons. The molecule has 4 nitrogen and oxygen atoms in total. The van der Waals surface area contributed by atoms with Crippen LogP contribution in [0.4, 0.5) is 0 Å². The van der Waals surface area contributed by atoms with Gasteiger partial charge in [0.15, 0.2) is 0 Å². The highest BCUT2D eigenvalue weighted by Crippen LogP contribution is 2.38. The van der Waals surface area contributed by atoms with Crippen LogP contribution in [0.15, 0.2) is 72.8 Å². The van der Waals surface area contributed by atoms with E-state index in [4.69, 9.17) is 44.6 Å².